The number of carbonyl (C=O) groups excluding carboxylic acids is 1. The molecule has 1 aliphatic carbocycles. The minimum atomic E-state index is -0.649. The molecule has 0 bridgehead atoms. The maximum absolute atomic E-state index is 13.3. The number of rotatable bonds is 4. The van der Waals surface area contributed by atoms with Crippen LogP contribution in [0.2, 0.25) is 0 Å². The second-order valence-corrected chi connectivity index (χ2v) is 10.5. The number of furan rings is 1. The minimum absolute atomic E-state index is 0.0125. The van der Waals surface area contributed by atoms with Crippen molar-refractivity contribution in [1.29, 1.82) is 0 Å². The van der Waals surface area contributed by atoms with Crippen LogP contribution in [0.25, 0.3) is 33.1 Å². The van der Waals surface area contributed by atoms with Crippen LogP contribution in [-0.2, 0) is 11.2 Å². The summed E-state index contributed by atoms with van der Waals surface area (Å²) in [4.78, 5) is 28.1. The number of piperidine rings is 1. The zero-order valence-electron chi connectivity index (χ0n) is 21.2. The first-order valence-electron chi connectivity index (χ1n) is 13.0. The number of ether oxygens (including phenoxy) is 1. The third kappa shape index (κ3) is 4.11. The van der Waals surface area contributed by atoms with Crippen molar-refractivity contribution >= 4 is 27.8 Å². The van der Waals surface area contributed by atoms with Gasteiger partial charge in [0.05, 0.1) is 31.0 Å². The number of methoxy groups -OCH3 is 1. The highest BCUT2D eigenvalue weighted by atomic mass is 16.5. The van der Waals surface area contributed by atoms with Gasteiger partial charge >= 0.3 is 5.63 Å². The Morgan fingerprint density at radius 2 is 2.03 bits per heavy atom. The number of aliphatic hydroxyl groups is 1. The molecule has 1 amide bonds. The quantitative estimate of drug-likeness (QED) is 0.386. The van der Waals surface area contributed by atoms with Crippen LogP contribution in [0, 0.1) is 12.8 Å². The van der Waals surface area contributed by atoms with Crippen molar-refractivity contribution in [2.24, 2.45) is 5.92 Å². The molecular weight excluding hydrogens is 470 g/mol. The summed E-state index contributed by atoms with van der Waals surface area (Å²) in [6, 6.07) is 11.5. The predicted octanol–water partition coefficient (Wildman–Crippen LogP) is 5.22. The van der Waals surface area contributed by atoms with Gasteiger partial charge in [-0.2, -0.15) is 0 Å². The Morgan fingerprint density at radius 3 is 2.86 bits per heavy atom. The van der Waals surface area contributed by atoms with E-state index in [-0.39, 0.29) is 18.2 Å². The molecule has 4 aromatic rings. The molecule has 7 nitrogen and oxygen atoms in total. The van der Waals surface area contributed by atoms with Gasteiger partial charge in [0.1, 0.15) is 16.9 Å². The van der Waals surface area contributed by atoms with E-state index in [9.17, 15) is 14.7 Å². The van der Waals surface area contributed by atoms with Crippen molar-refractivity contribution in [2.45, 2.75) is 51.0 Å². The van der Waals surface area contributed by atoms with Gasteiger partial charge < -0.3 is 23.6 Å². The molecule has 2 aromatic heterocycles. The monoisotopic (exact) mass is 501 g/mol. The van der Waals surface area contributed by atoms with Gasteiger partial charge in [-0.05, 0) is 55.5 Å². The number of carbonyl (C=O) groups is 1. The molecule has 37 heavy (non-hydrogen) atoms. The van der Waals surface area contributed by atoms with E-state index in [0.717, 1.165) is 58.9 Å². The van der Waals surface area contributed by atoms with Crippen molar-refractivity contribution < 1.29 is 23.5 Å². The van der Waals surface area contributed by atoms with Crippen LogP contribution >= 0.6 is 0 Å². The lowest BCUT2D eigenvalue weighted by Gasteiger charge is -2.47. The molecule has 0 unspecified atom stereocenters. The van der Waals surface area contributed by atoms with E-state index in [1.165, 1.54) is 0 Å². The number of amides is 1. The number of benzene rings is 2. The number of fused-ring (bicyclic) bond motifs is 3. The molecule has 1 N–H and O–H groups in total. The lowest BCUT2D eigenvalue weighted by molar-refractivity contribution is -0.142. The largest absolute Gasteiger partial charge is 0.497 e. The molecule has 2 fully saturated rings. The second-order valence-electron chi connectivity index (χ2n) is 10.5. The number of likely N-dealkylation sites (tertiary alicyclic amines) is 1. The Hall–Kier alpha value is -3.58. The topological polar surface area (TPSA) is 93.1 Å². The number of hydrogen-bond donors (Lipinski definition) is 1. The summed E-state index contributed by atoms with van der Waals surface area (Å²) in [6.07, 6.45) is 6.16. The van der Waals surface area contributed by atoms with Gasteiger partial charge in [0.2, 0.25) is 5.91 Å². The highest BCUT2D eigenvalue weighted by Crippen LogP contribution is 2.40. The second kappa shape index (κ2) is 9.06. The van der Waals surface area contributed by atoms with E-state index in [2.05, 4.69) is 0 Å². The number of nitrogens with zero attached hydrogens (tertiary/aromatic N) is 1. The van der Waals surface area contributed by atoms with E-state index in [0.29, 0.717) is 36.2 Å². The van der Waals surface area contributed by atoms with Crippen LogP contribution in [0.3, 0.4) is 0 Å². The Morgan fingerprint density at radius 1 is 1.16 bits per heavy atom. The fourth-order valence-electron chi connectivity index (χ4n) is 6.19. The summed E-state index contributed by atoms with van der Waals surface area (Å²) in [6.45, 7) is 2.94. The molecule has 6 rings (SSSR count). The van der Waals surface area contributed by atoms with Gasteiger partial charge in [0.25, 0.3) is 0 Å². The van der Waals surface area contributed by atoms with Crippen molar-refractivity contribution in [1.82, 2.24) is 4.90 Å². The fraction of sp³-hybridized carbons (Fsp3) is 0.400. The Kier molecular flexibility index (Phi) is 5.83. The summed E-state index contributed by atoms with van der Waals surface area (Å²) in [5, 5.41) is 12.6. The van der Waals surface area contributed by atoms with Crippen LogP contribution in [0.15, 0.2) is 56.3 Å². The predicted molar refractivity (Wildman–Crippen MR) is 141 cm³/mol. The van der Waals surface area contributed by atoms with Crippen LogP contribution in [0.4, 0.5) is 0 Å². The Labute approximate surface area is 214 Å². The SMILES string of the molecule is COc1cccc(-c2coc3cc4oc(=O)c(CC(=O)N5CC[C@]6(O)CCCC[C@@H]6C5)c(C)c4cc23)c1. The smallest absolute Gasteiger partial charge is 0.340 e. The van der Waals surface area contributed by atoms with Gasteiger partial charge in [-0.1, -0.05) is 25.0 Å². The normalized spacial score (nSPS) is 21.8. The summed E-state index contributed by atoms with van der Waals surface area (Å²) in [5.74, 6) is 0.765. The molecule has 1 saturated carbocycles. The summed E-state index contributed by atoms with van der Waals surface area (Å²) >= 11 is 0. The Bertz CT molecular complexity index is 1570. The molecule has 7 heteroatoms. The number of hydrogen-bond acceptors (Lipinski definition) is 6. The molecule has 1 saturated heterocycles. The highest BCUT2D eigenvalue weighted by molar-refractivity contribution is 6.02. The van der Waals surface area contributed by atoms with Crippen molar-refractivity contribution in [3.8, 4) is 16.9 Å². The van der Waals surface area contributed by atoms with Crippen LogP contribution in [0.5, 0.6) is 5.75 Å². The van der Waals surface area contributed by atoms with Crippen LogP contribution in [-0.4, -0.2) is 41.7 Å². The molecule has 192 valence electrons. The third-order valence-electron chi connectivity index (χ3n) is 8.47. The average molecular weight is 502 g/mol. The molecule has 2 atom stereocenters. The van der Waals surface area contributed by atoms with Gasteiger partial charge in [-0.15, -0.1) is 0 Å². The molecule has 3 heterocycles. The molecule has 0 spiro atoms. The van der Waals surface area contributed by atoms with E-state index >= 15 is 0 Å². The first-order valence-corrected chi connectivity index (χ1v) is 13.0. The van der Waals surface area contributed by atoms with Crippen LogP contribution < -0.4 is 10.4 Å². The number of aryl methyl sites for hydroxylation is 1. The highest BCUT2D eigenvalue weighted by Gasteiger charge is 2.43. The third-order valence-corrected chi connectivity index (χ3v) is 8.47. The fourth-order valence-corrected chi connectivity index (χ4v) is 6.19. The zero-order valence-corrected chi connectivity index (χ0v) is 21.2. The maximum atomic E-state index is 13.3. The molecular formula is C30H31NO6. The standard InChI is InChI=1S/C30H31NO6/c1-18-22-13-24-25(19-6-5-8-21(12-19)35-2)17-36-26(24)15-27(22)37-29(33)23(18)14-28(32)31-11-10-30(34)9-4-3-7-20(30)16-31/h5-6,8,12-13,15,17,20,34H,3-4,7,9-11,14,16H2,1-2H3/t20-,30-/m1/s1. The lowest BCUT2D eigenvalue weighted by atomic mass is 9.71. The Balaban J connectivity index is 1.34. The van der Waals surface area contributed by atoms with Gasteiger partial charge in [-0.3, -0.25) is 4.79 Å². The molecule has 1 aliphatic heterocycles. The van der Waals surface area contributed by atoms with Crippen molar-refractivity contribution in [3.05, 3.63) is 64.2 Å². The van der Waals surface area contributed by atoms with Crippen molar-refractivity contribution in [3.63, 3.8) is 0 Å². The van der Waals surface area contributed by atoms with E-state index < -0.39 is 11.2 Å². The van der Waals surface area contributed by atoms with Gasteiger partial charge in [0.15, 0.2) is 0 Å². The lowest BCUT2D eigenvalue weighted by Crippen LogP contribution is -2.55. The molecule has 2 aromatic carbocycles. The summed E-state index contributed by atoms with van der Waals surface area (Å²) < 4.78 is 16.9. The summed E-state index contributed by atoms with van der Waals surface area (Å²) in [7, 11) is 1.63. The van der Waals surface area contributed by atoms with E-state index in [1.807, 2.05) is 42.2 Å². The van der Waals surface area contributed by atoms with Gasteiger partial charge in [-0.25, -0.2) is 4.79 Å². The zero-order chi connectivity index (χ0) is 25.7. The van der Waals surface area contributed by atoms with Crippen molar-refractivity contribution in [2.75, 3.05) is 20.2 Å². The van der Waals surface area contributed by atoms with Crippen LogP contribution in [0.1, 0.15) is 43.2 Å². The maximum Gasteiger partial charge on any atom is 0.340 e. The van der Waals surface area contributed by atoms with Gasteiger partial charge in [0, 0.05) is 41.4 Å². The molecule has 2 aliphatic rings. The average Bonchev–Trinajstić information content (AvgIpc) is 3.32. The first-order chi connectivity index (χ1) is 17.9. The minimum Gasteiger partial charge on any atom is -0.497 e. The summed E-state index contributed by atoms with van der Waals surface area (Å²) in [5.41, 5.74) is 2.89. The van der Waals surface area contributed by atoms with E-state index in [4.69, 9.17) is 13.6 Å². The molecule has 0 radical (unpaired) electrons. The van der Waals surface area contributed by atoms with E-state index in [1.54, 1.807) is 19.4 Å². The first kappa shape index (κ1) is 23.8.